The number of halogens is 1. The number of pyridine rings is 1. The van der Waals surface area contributed by atoms with Gasteiger partial charge in [0.15, 0.2) is 0 Å². The molecular weight excluding hydrogens is 431 g/mol. The summed E-state index contributed by atoms with van der Waals surface area (Å²) in [7, 11) is 0. The molecule has 6 rings (SSSR count). The summed E-state index contributed by atoms with van der Waals surface area (Å²) in [4.78, 5) is 25.1. The van der Waals surface area contributed by atoms with Gasteiger partial charge in [-0.05, 0) is 68.5 Å². The standard InChI is InChI=1S/C26H25FN6O/c27-21-11-17(3-4-18(21)13-28)26-31-24(32-10-8-23-19(15-32)7-9-29-23)12-25(34)33(26)20-5-6-22(30-14-20)16-1-2-16/h3-6,11-12,14,16,19,23,29H,1-2,7-10,15H2. The van der Waals surface area contributed by atoms with Crippen molar-refractivity contribution < 1.29 is 4.39 Å². The van der Waals surface area contributed by atoms with Crippen molar-refractivity contribution in [2.24, 2.45) is 5.92 Å². The maximum absolute atomic E-state index is 14.6. The summed E-state index contributed by atoms with van der Waals surface area (Å²) in [5.41, 5.74) is 1.78. The lowest BCUT2D eigenvalue weighted by atomic mass is 9.93. The number of aromatic nitrogens is 3. The molecule has 2 unspecified atom stereocenters. The zero-order valence-corrected chi connectivity index (χ0v) is 18.7. The molecule has 34 heavy (non-hydrogen) atoms. The molecule has 1 saturated carbocycles. The van der Waals surface area contributed by atoms with Gasteiger partial charge in [-0.3, -0.25) is 14.3 Å². The quantitative estimate of drug-likeness (QED) is 0.648. The summed E-state index contributed by atoms with van der Waals surface area (Å²) in [6.07, 6.45) is 6.10. The SMILES string of the molecule is N#Cc1ccc(-c2nc(N3CCC4NCCC4C3)cc(=O)n2-c2ccc(C3CC3)nc2)cc1F. The van der Waals surface area contributed by atoms with Crippen LogP contribution in [0.15, 0.2) is 47.4 Å². The van der Waals surface area contributed by atoms with E-state index >= 15 is 0 Å². The number of nitrogens with zero attached hydrogens (tertiary/aromatic N) is 5. The Hall–Kier alpha value is -3.57. The van der Waals surface area contributed by atoms with Gasteiger partial charge < -0.3 is 10.2 Å². The van der Waals surface area contributed by atoms with Gasteiger partial charge >= 0.3 is 0 Å². The molecule has 4 heterocycles. The summed E-state index contributed by atoms with van der Waals surface area (Å²) in [5.74, 6) is 1.36. The van der Waals surface area contributed by atoms with Crippen molar-refractivity contribution in [2.75, 3.05) is 24.5 Å². The van der Waals surface area contributed by atoms with Gasteiger partial charge in [-0.2, -0.15) is 5.26 Å². The highest BCUT2D eigenvalue weighted by Gasteiger charge is 2.33. The zero-order chi connectivity index (χ0) is 23.2. The third kappa shape index (κ3) is 3.76. The monoisotopic (exact) mass is 456 g/mol. The van der Waals surface area contributed by atoms with Crippen molar-refractivity contribution in [2.45, 2.75) is 37.6 Å². The summed E-state index contributed by atoms with van der Waals surface area (Å²) < 4.78 is 16.0. The molecule has 2 saturated heterocycles. The molecule has 0 radical (unpaired) electrons. The molecule has 2 aromatic heterocycles. The van der Waals surface area contributed by atoms with Crippen LogP contribution < -0.4 is 15.8 Å². The molecule has 2 atom stereocenters. The first-order valence-corrected chi connectivity index (χ1v) is 11.9. The smallest absolute Gasteiger partial charge is 0.260 e. The van der Waals surface area contributed by atoms with E-state index in [2.05, 4.69) is 15.2 Å². The van der Waals surface area contributed by atoms with Crippen LogP contribution in [0, 0.1) is 23.1 Å². The van der Waals surface area contributed by atoms with Crippen molar-refractivity contribution in [1.29, 1.82) is 5.26 Å². The van der Waals surface area contributed by atoms with Gasteiger partial charge in [-0.25, -0.2) is 9.37 Å². The van der Waals surface area contributed by atoms with Gasteiger partial charge in [-0.15, -0.1) is 0 Å². The predicted molar refractivity (Wildman–Crippen MR) is 126 cm³/mol. The second-order valence-electron chi connectivity index (χ2n) is 9.48. The van der Waals surface area contributed by atoms with Crippen LogP contribution in [0.5, 0.6) is 0 Å². The van der Waals surface area contributed by atoms with Gasteiger partial charge in [0.05, 0.1) is 17.4 Å². The Morgan fingerprint density at radius 1 is 1.12 bits per heavy atom. The van der Waals surface area contributed by atoms with E-state index in [9.17, 15) is 9.18 Å². The minimum Gasteiger partial charge on any atom is -0.356 e. The molecule has 1 aliphatic carbocycles. The van der Waals surface area contributed by atoms with Crippen LogP contribution in [0.25, 0.3) is 17.1 Å². The largest absolute Gasteiger partial charge is 0.356 e. The fourth-order valence-corrected chi connectivity index (χ4v) is 5.23. The summed E-state index contributed by atoms with van der Waals surface area (Å²) in [6.45, 7) is 2.67. The first kappa shape index (κ1) is 21.0. The maximum Gasteiger partial charge on any atom is 0.260 e. The second kappa shape index (κ2) is 8.33. The lowest BCUT2D eigenvalue weighted by Crippen LogP contribution is -2.45. The number of rotatable bonds is 4. The fraction of sp³-hybridized carbons (Fsp3) is 0.385. The summed E-state index contributed by atoms with van der Waals surface area (Å²) in [5, 5.41) is 12.7. The molecule has 1 aromatic carbocycles. The van der Waals surface area contributed by atoms with Crippen molar-refractivity contribution >= 4 is 5.82 Å². The van der Waals surface area contributed by atoms with E-state index < -0.39 is 5.82 Å². The number of hydrogen-bond acceptors (Lipinski definition) is 6. The zero-order valence-electron chi connectivity index (χ0n) is 18.7. The molecule has 3 fully saturated rings. The number of fused-ring (bicyclic) bond motifs is 1. The van der Waals surface area contributed by atoms with E-state index in [0.717, 1.165) is 51.0 Å². The van der Waals surface area contributed by atoms with Gasteiger partial charge in [-0.1, -0.05) is 0 Å². The lowest BCUT2D eigenvalue weighted by molar-refractivity contribution is 0.375. The average Bonchev–Trinajstić information content (AvgIpc) is 3.60. The molecular formula is C26H25FN6O. The van der Waals surface area contributed by atoms with Crippen LogP contribution >= 0.6 is 0 Å². The number of anilines is 1. The minimum absolute atomic E-state index is 0.0416. The van der Waals surface area contributed by atoms with Crippen molar-refractivity contribution in [3.05, 3.63) is 70.0 Å². The normalized spacial score (nSPS) is 21.8. The minimum atomic E-state index is -0.633. The first-order chi connectivity index (χ1) is 16.6. The Kier molecular flexibility index (Phi) is 5.15. The van der Waals surface area contributed by atoms with Gasteiger partial charge in [0.2, 0.25) is 0 Å². The molecule has 172 valence electrons. The van der Waals surface area contributed by atoms with E-state index in [1.165, 1.54) is 16.7 Å². The Morgan fingerprint density at radius 3 is 2.74 bits per heavy atom. The highest BCUT2D eigenvalue weighted by atomic mass is 19.1. The van der Waals surface area contributed by atoms with Crippen molar-refractivity contribution in [1.82, 2.24) is 19.9 Å². The molecule has 3 aromatic rings. The third-order valence-electron chi connectivity index (χ3n) is 7.26. The molecule has 7 nitrogen and oxygen atoms in total. The maximum atomic E-state index is 14.6. The lowest BCUT2D eigenvalue weighted by Gasteiger charge is -2.35. The number of piperidine rings is 1. The van der Waals surface area contributed by atoms with Crippen molar-refractivity contribution in [3.63, 3.8) is 0 Å². The summed E-state index contributed by atoms with van der Waals surface area (Å²) in [6, 6.07) is 12.1. The molecule has 0 bridgehead atoms. The van der Waals surface area contributed by atoms with Crippen LogP contribution in [-0.2, 0) is 0 Å². The highest BCUT2D eigenvalue weighted by molar-refractivity contribution is 5.62. The van der Waals surface area contributed by atoms with E-state index in [1.807, 2.05) is 18.2 Å². The highest BCUT2D eigenvalue weighted by Crippen LogP contribution is 2.39. The topological polar surface area (TPSA) is 86.8 Å². The van der Waals surface area contributed by atoms with E-state index in [4.69, 9.17) is 10.2 Å². The van der Waals surface area contributed by atoms with Gasteiger partial charge in [0.1, 0.15) is 23.5 Å². The number of hydrogen-bond donors (Lipinski definition) is 1. The van der Waals surface area contributed by atoms with Crippen LogP contribution in [-0.4, -0.2) is 40.2 Å². The molecule has 2 aliphatic heterocycles. The molecule has 3 aliphatic rings. The van der Waals surface area contributed by atoms with E-state index in [1.54, 1.807) is 18.3 Å². The van der Waals surface area contributed by atoms with Crippen molar-refractivity contribution in [3.8, 4) is 23.1 Å². The molecule has 8 heteroatoms. The van der Waals surface area contributed by atoms with E-state index in [0.29, 0.717) is 40.8 Å². The molecule has 0 amide bonds. The van der Waals surface area contributed by atoms with Gasteiger partial charge in [0, 0.05) is 42.4 Å². The molecule has 0 spiro atoms. The third-order valence-corrected chi connectivity index (χ3v) is 7.26. The molecule has 1 N–H and O–H groups in total. The van der Waals surface area contributed by atoms with Crippen LogP contribution in [0.3, 0.4) is 0 Å². The summed E-state index contributed by atoms with van der Waals surface area (Å²) >= 11 is 0. The average molecular weight is 457 g/mol. The second-order valence-corrected chi connectivity index (χ2v) is 9.48. The fourth-order valence-electron chi connectivity index (χ4n) is 5.23. The first-order valence-electron chi connectivity index (χ1n) is 11.9. The number of benzene rings is 1. The van der Waals surface area contributed by atoms with Crippen LogP contribution in [0.1, 0.15) is 42.9 Å². The van der Waals surface area contributed by atoms with E-state index in [-0.39, 0.29) is 11.1 Å². The predicted octanol–water partition coefficient (Wildman–Crippen LogP) is 3.37. The Morgan fingerprint density at radius 2 is 2.00 bits per heavy atom. The Balaban J connectivity index is 1.45. The Bertz CT molecular complexity index is 1340. The Labute approximate surface area is 196 Å². The van der Waals surface area contributed by atoms with Crippen LogP contribution in [0.2, 0.25) is 0 Å². The van der Waals surface area contributed by atoms with Gasteiger partial charge in [0.25, 0.3) is 5.56 Å². The number of nitrogens with one attached hydrogen (secondary N) is 1. The van der Waals surface area contributed by atoms with Crippen LogP contribution in [0.4, 0.5) is 10.2 Å². The number of nitriles is 1.